The van der Waals surface area contributed by atoms with Crippen LogP contribution in [-0.2, 0) is 32.6 Å². The number of nitrogens with zero attached hydrogens (tertiary/aromatic N) is 2. The van der Waals surface area contributed by atoms with Crippen molar-refractivity contribution < 1.29 is 22.4 Å². The van der Waals surface area contributed by atoms with Gasteiger partial charge in [0.25, 0.3) is 10.0 Å². The fraction of sp³-hybridized carbons (Fsp3) is 0.297. The monoisotopic (exact) mass is 643 g/mol. The molecule has 0 spiro atoms. The van der Waals surface area contributed by atoms with Crippen LogP contribution in [0.5, 0.6) is 0 Å². The number of nitrogens with one attached hydrogen (secondary N) is 1. The first kappa shape index (κ1) is 34.4. The summed E-state index contributed by atoms with van der Waals surface area (Å²) in [7, 11) is -4.24. The van der Waals surface area contributed by atoms with E-state index in [0.717, 1.165) is 21.0 Å². The van der Waals surface area contributed by atoms with Crippen LogP contribution >= 0.6 is 0 Å². The Hall–Kier alpha value is -4.50. The van der Waals surface area contributed by atoms with Gasteiger partial charge < -0.3 is 10.2 Å². The van der Waals surface area contributed by atoms with Crippen molar-refractivity contribution in [3.63, 3.8) is 0 Å². The van der Waals surface area contributed by atoms with E-state index >= 15 is 4.39 Å². The molecule has 0 saturated heterocycles. The highest BCUT2D eigenvalue weighted by Gasteiger charge is 2.35. The lowest BCUT2D eigenvalue weighted by Gasteiger charge is -2.34. The molecule has 0 bridgehead atoms. The summed E-state index contributed by atoms with van der Waals surface area (Å²) in [4.78, 5) is 29.8. The zero-order chi connectivity index (χ0) is 33.4. The van der Waals surface area contributed by atoms with Crippen molar-refractivity contribution in [2.45, 2.75) is 71.0 Å². The third-order valence-electron chi connectivity index (χ3n) is 8.09. The van der Waals surface area contributed by atoms with Crippen LogP contribution in [0.4, 0.5) is 10.1 Å². The van der Waals surface area contributed by atoms with Crippen molar-refractivity contribution in [2.24, 2.45) is 0 Å². The number of amides is 2. The van der Waals surface area contributed by atoms with Gasteiger partial charge in [-0.3, -0.25) is 13.9 Å². The molecular formula is C37H42FN3O4S. The third kappa shape index (κ3) is 8.40. The molecule has 0 aliphatic carbocycles. The van der Waals surface area contributed by atoms with Crippen molar-refractivity contribution >= 4 is 27.5 Å². The highest BCUT2D eigenvalue weighted by atomic mass is 32.2. The highest BCUT2D eigenvalue weighted by Crippen LogP contribution is 2.29. The van der Waals surface area contributed by atoms with Crippen LogP contribution in [0.3, 0.4) is 0 Å². The maximum Gasteiger partial charge on any atom is 0.264 e. The van der Waals surface area contributed by atoms with E-state index in [1.807, 2.05) is 70.2 Å². The molecule has 7 nitrogen and oxygen atoms in total. The Morgan fingerprint density at radius 3 is 2.13 bits per heavy atom. The van der Waals surface area contributed by atoms with Gasteiger partial charge in [-0.1, -0.05) is 85.3 Å². The van der Waals surface area contributed by atoms with E-state index in [1.165, 1.54) is 23.1 Å². The molecule has 1 N–H and O–H groups in total. The summed E-state index contributed by atoms with van der Waals surface area (Å²) in [6.07, 6.45) is 0.817. The topological polar surface area (TPSA) is 86.8 Å². The second-order valence-electron chi connectivity index (χ2n) is 11.8. The first-order chi connectivity index (χ1) is 21.9. The summed E-state index contributed by atoms with van der Waals surface area (Å²) in [6, 6.07) is 26.0. The molecule has 2 amide bonds. The fourth-order valence-electron chi connectivity index (χ4n) is 5.14. The average Bonchev–Trinajstić information content (AvgIpc) is 3.04. The molecule has 0 unspecified atom stereocenters. The summed E-state index contributed by atoms with van der Waals surface area (Å²) in [5, 5.41) is 2.99. The Kier molecular flexibility index (Phi) is 11.4. The Bertz CT molecular complexity index is 1760. The molecular weight excluding hydrogens is 601 g/mol. The molecule has 242 valence electrons. The minimum Gasteiger partial charge on any atom is -0.352 e. The van der Waals surface area contributed by atoms with Gasteiger partial charge in [0.15, 0.2) is 0 Å². The molecule has 4 rings (SSSR count). The van der Waals surface area contributed by atoms with E-state index < -0.39 is 40.2 Å². The lowest BCUT2D eigenvalue weighted by Crippen LogP contribution is -2.54. The molecule has 0 radical (unpaired) electrons. The number of carbonyl (C=O) groups excluding carboxylic acids is 2. The maximum absolute atomic E-state index is 15.1. The van der Waals surface area contributed by atoms with Gasteiger partial charge in [0.05, 0.1) is 10.6 Å². The zero-order valence-electron chi connectivity index (χ0n) is 27.0. The summed E-state index contributed by atoms with van der Waals surface area (Å²) in [5.74, 6) is -1.57. The molecule has 0 aliphatic rings. The van der Waals surface area contributed by atoms with E-state index in [4.69, 9.17) is 0 Å². The van der Waals surface area contributed by atoms with Gasteiger partial charge in [-0.25, -0.2) is 12.8 Å². The Morgan fingerprint density at radius 1 is 0.848 bits per heavy atom. The maximum atomic E-state index is 15.1. The van der Waals surface area contributed by atoms with Gasteiger partial charge in [0.2, 0.25) is 11.8 Å². The summed E-state index contributed by atoms with van der Waals surface area (Å²) in [5.41, 5.74) is 3.73. The van der Waals surface area contributed by atoms with Crippen LogP contribution in [0.15, 0.2) is 102 Å². The lowest BCUT2D eigenvalue weighted by atomic mass is 10.0. The Labute approximate surface area is 272 Å². The molecule has 0 heterocycles. The summed E-state index contributed by atoms with van der Waals surface area (Å²) < 4.78 is 44.7. The summed E-state index contributed by atoms with van der Waals surface area (Å²) in [6.45, 7) is 8.47. The number of carbonyl (C=O) groups is 2. The zero-order valence-corrected chi connectivity index (χ0v) is 27.9. The number of halogens is 1. The molecule has 9 heteroatoms. The minimum atomic E-state index is -4.24. The van der Waals surface area contributed by atoms with Gasteiger partial charge in [-0.05, 0) is 75.1 Å². The number of hydrogen-bond donors (Lipinski definition) is 1. The van der Waals surface area contributed by atoms with E-state index in [9.17, 15) is 18.0 Å². The fourth-order valence-corrected chi connectivity index (χ4v) is 6.61. The second-order valence-corrected chi connectivity index (χ2v) is 13.6. The first-order valence-corrected chi connectivity index (χ1v) is 16.9. The first-order valence-electron chi connectivity index (χ1n) is 15.4. The minimum absolute atomic E-state index is 0.0304. The van der Waals surface area contributed by atoms with E-state index in [-0.39, 0.29) is 29.5 Å². The smallest absolute Gasteiger partial charge is 0.264 e. The molecule has 4 aromatic rings. The average molecular weight is 644 g/mol. The highest BCUT2D eigenvalue weighted by molar-refractivity contribution is 7.92. The van der Waals surface area contributed by atoms with Crippen LogP contribution in [0, 0.1) is 26.6 Å². The third-order valence-corrected chi connectivity index (χ3v) is 9.87. The van der Waals surface area contributed by atoms with Crippen LogP contribution < -0.4 is 9.62 Å². The number of sulfonamides is 1. The van der Waals surface area contributed by atoms with Crippen LogP contribution in [0.25, 0.3) is 0 Å². The SMILES string of the molecule is CC[C@H](C)NC(=O)[C@H](Cc1ccccc1)N(Cc1ccccc1F)C(=O)CN(c1cc(C)ccc1C)S(=O)(=O)c1ccc(C)cc1. The lowest BCUT2D eigenvalue weighted by molar-refractivity contribution is -0.140. The van der Waals surface area contributed by atoms with Gasteiger partial charge in [0, 0.05) is 24.6 Å². The molecule has 4 aromatic carbocycles. The van der Waals surface area contributed by atoms with Crippen molar-refractivity contribution in [1.82, 2.24) is 10.2 Å². The van der Waals surface area contributed by atoms with Gasteiger partial charge in [-0.15, -0.1) is 0 Å². The molecule has 0 aliphatic heterocycles. The van der Waals surface area contributed by atoms with Gasteiger partial charge in [-0.2, -0.15) is 0 Å². The number of aryl methyl sites for hydroxylation is 3. The Balaban J connectivity index is 1.85. The number of hydrogen-bond acceptors (Lipinski definition) is 4. The van der Waals surface area contributed by atoms with Crippen molar-refractivity contribution in [2.75, 3.05) is 10.8 Å². The van der Waals surface area contributed by atoms with Crippen molar-refractivity contribution in [1.29, 1.82) is 0 Å². The predicted octanol–water partition coefficient (Wildman–Crippen LogP) is 6.50. The van der Waals surface area contributed by atoms with Gasteiger partial charge in [0.1, 0.15) is 18.4 Å². The standard InChI is InChI=1S/C37H42FN3O4S/c1-6-29(5)39-37(43)35(23-30-12-8-7-9-13-30)40(24-31-14-10-11-15-33(31)38)36(42)25-41(34-22-27(3)16-19-28(34)4)46(44,45)32-20-17-26(2)18-21-32/h7-22,29,35H,6,23-25H2,1-5H3,(H,39,43)/t29-,35-/m0/s1. The van der Waals surface area contributed by atoms with Crippen LogP contribution in [0.2, 0.25) is 0 Å². The second kappa shape index (κ2) is 15.2. The van der Waals surface area contributed by atoms with Gasteiger partial charge >= 0.3 is 0 Å². The normalized spacial score (nSPS) is 12.7. The number of anilines is 1. The van der Waals surface area contributed by atoms with Crippen LogP contribution in [-0.4, -0.2) is 43.8 Å². The Morgan fingerprint density at radius 2 is 1.48 bits per heavy atom. The van der Waals surface area contributed by atoms with E-state index in [2.05, 4.69) is 5.32 Å². The van der Waals surface area contributed by atoms with Crippen molar-refractivity contribution in [3.05, 3.63) is 131 Å². The van der Waals surface area contributed by atoms with E-state index in [1.54, 1.807) is 43.3 Å². The molecule has 46 heavy (non-hydrogen) atoms. The molecule has 0 fully saturated rings. The quantitative estimate of drug-likeness (QED) is 0.180. The number of benzene rings is 4. The largest absolute Gasteiger partial charge is 0.352 e. The number of rotatable bonds is 13. The predicted molar refractivity (Wildman–Crippen MR) is 180 cm³/mol. The summed E-state index contributed by atoms with van der Waals surface area (Å²) >= 11 is 0. The van der Waals surface area contributed by atoms with Crippen molar-refractivity contribution in [3.8, 4) is 0 Å². The van der Waals surface area contributed by atoms with E-state index in [0.29, 0.717) is 17.7 Å². The molecule has 2 atom stereocenters. The van der Waals surface area contributed by atoms with Crippen LogP contribution in [0.1, 0.15) is 48.1 Å². The molecule has 0 aromatic heterocycles. The molecule has 0 saturated carbocycles.